The van der Waals surface area contributed by atoms with Crippen LogP contribution in [0.15, 0.2) is 67.1 Å². The van der Waals surface area contributed by atoms with Crippen LogP contribution >= 0.6 is 0 Å². The molecule has 0 unspecified atom stereocenters. The molecule has 2 aromatic heterocycles. The smallest absolute Gasteiger partial charge is 0.216 e. The molecule has 3 rings (SSSR count). The summed E-state index contributed by atoms with van der Waals surface area (Å²) in [5.74, 6) is -0.595. The molecular formula is C18H16FN3O2S. The third-order valence-corrected chi connectivity index (χ3v) is 4.85. The number of rotatable bonds is 6. The average molecular weight is 357 g/mol. The summed E-state index contributed by atoms with van der Waals surface area (Å²) in [6, 6.07) is 12.7. The third kappa shape index (κ3) is 4.91. The Morgan fingerprint density at radius 1 is 1.00 bits per heavy atom. The molecule has 5 nitrogen and oxygen atoms in total. The van der Waals surface area contributed by atoms with E-state index in [1.54, 1.807) is 24.7 Å². The summed E-state index contributed by atoms with van der Waals surface area (Å²) in [6.45, 7) is 0.152. The normalized spacial score (nSPS) is 11.4. The fourth-order valence-electron chi connectivity index (χ4n) is 2.30. The Kier molecular flexibility index (Phi) is 5.16. The second-order valence-corrected chi connectivity index (χ2v) is 7.30. The summed E-state index contributed by atoms with van der Waals surface area (Å²) in [7, 11) is -3.53. The van der Waals surface area contributed by atoms with Crippen LogP contribution < -0.4 is 4.72 Å². The maximum atomic E-state index is 12.9. The van der Waals surface area contributed by atoms with E-state index in [0.29, 0.717) is 5.56 Å². The number of pyridine rings is 2. The molecule has 0 atom stereocenters. The first-order chi connectivity index (χ1) is 12.0. The standard InChI is InChI=1S/C18H16FN3O2S/c19-17-5-3-14(4-6-17)13-25(23,24)22-11-15-7-9-21-18(10-15)16-2-1-8-20-12-16/h1-10,12,22H,11,13H2. The highest BCUT2D eigenvalue weighted by molar-refractivity contribution is 7.88. The lowest BCUT2D eigenvalue weighted by Crippen LogP contribution is -2.24. The second kappa shape index (κ2) is 7.50. The van der Waals surface area contributed by atoms with Crippen molar-refractivity contribution in [2.24, 2.45) is 0 Å². The first-order valence-corrected chi connectivity index (χ1v) is 9.24. The molecule has 3 aromatic rings. The number of halogens is 1. The Morgan fingerprint density at radius 2 is 1.80 bits per heavy atom. The molecular weight excluding hydrogens is 341 g/mol. The molecule has 0 radical (unpaired) electrons. The molecule has 0 fully saturated rings. The predicted octanol–water partition coefficient (Wildman–Crippen LogP) is 2.90. The molecule has 1 aromatic carbocycles. The van der Waals surface area contributed by atoms with Gasteiger partial charge in [0.15, 0.2) is 0 Å². The molecule has 128 valence electrons. The zero-order valence-corrected chi connectivity index (χ0v) is 14.1. The molecule has 0 bridgehead atoms. The lowest BCUT2D eigenvalue weighted by Gasteiger charge is -2.08. The summed E-state index contributed by atoms with van der Waals surface area (Å²) in [6.07, 6.45) is 5.01. The first kappa shape index (κ1) is 17.2. The van der Waals surface area contributed by atoms with Gasteiger partial charge >= 0.3 is 0 Å². The highest BCUT2D eigenvalue weighted by atomic mass is 32.2. The minimum absolute atomic E-state index is 0.152. The van der Waals surface area contributed by atoms with Gasteiger partial charge < -0.3 is 0 Å². The van der Waals surface area contributed by atoms with Crippen LogP contribution in [-0.2, 0) is 22.3 Å². The summed E-state index contributed by atoms with van der Waals surface area (Å²) in [5.41, 5.74) is 2.90. The lowest BCUT2D eigenvalue weighted by molar-refractivity contribution is 0.580. The maximum Gasteiger partial charge on any atom is 0.216 e. The Bertz CT molecular complexity index is 946. The van der Waals surface area contributed by atoms with Crippen molar-refractivity contribution >= 4 is 10.0 Å². The van der Waals surface area contributed by atoms with Crippen molar-refractivity contribution in [1.82, 2.24) is 14.7 Å². The fraction of sp³-hybridized carbons (Fsp3) is 0.111. The number of benzene rings is 1. The van der Waals surface area contributed by atoms with Crippen molar-refractivity contribution in [3.05, 3.63) is 84.1 Å². The van der Waals surface area contributed by atoms with Crippen molar-refractivity contribution in [2.75, 3.05) is 0 Å². The molecule has 0 spiro atoms. The number of hydrogen-bond acceptors (Lipinski definition) is 4. The van der Waals surface area contributed by atoms with E-state index >= 15 is 0 Å². The number of nitrogens with zero attached hydrogens (tertiary/aromatic N) is 2. The zero-order chi connectivity index (χ0) is 17.7. The summed E-state index contributed by atoms with van der Waals surface area (Å²) >= 11 is 0. The second-order valence-electron chi connectivity index (χ2n) is 5.50. The van der Waals surface area contributed by atoms with Gasteiger partial charge in [-0.1, -0.05) is 12.1 Å². The van der Waals surface area contributed by atoms with Crippen LogP contribution in [0.2, 0.25) is 0 Å². The topological polar surface area (TPSA) is 72.0 Å². The monoisotopic (exact) mass is 357 g/mol. The van der Waals surface area contributed by atoms with Gasteiger partial charge in [-0.15, -0.1) is 0 Å². The molecule has 2 heterocycles. The zero-order valence-electron chi connectivity index (χ0n) is 13.3. The van der Waals surface area contributed by atoms with Crippen molar-refractivity contribution in [3.8, 4) is 11.3 Å². The van der Waals surface area contributed by atoms with Crippen molar-refractivity contribution < 1.29 is 12.8 Å². The Balaban J connectivity index is 1.67. The van der Waals surface area contributed by atoms with E-state index in [-0.39, 0.29) is 12.3 Å². The fourth-order valence-corrected chi connectivity index (χ4v) is 3.42. The molecule has 0 saturated heterocycles. The molecule has 0 amide bonds. The van der Waals surface area contributed by atoms with Gasteiger partial charge in [-0.25, -0.2) is 17.5 Å². The van der Waals surface area contributed by atoms with Gasteiger partial charge in [0.05, 0.1) is 11.4 Å². The maximum absolute atomic E-state index is 12.9. The summed E-state index contributed by atoms with van der Waals surface area (Å²) < 4.78 is 39.8. The van der Waals surface area contributed by atoms with E-state index in [4.69, 9.17) is 0 Å². The molecule has 7 heteroatoms. The van der Waals surface area contributed by atoms with Gasteiger partial charge in [0.1, 0.15) is 5.82 Å². The van der Waals surface area contributed by atoms with Crippen molar-refractivity contribution in [1.29, 1.82) is 0 Å². The van der Waals surface area contributed by atoms with Crippen molar-refractivity contribution in [3.63, 3.8) is 0 Å². The van der Waals surface area contributed by atoms with Crippen LogP contribution in [0.3, 0.4) is 0 Å². The molecule has 0 aliphatic rings. The van der Waals surface area contributed by atoms with Gasteiger partial charge in [0, 0.05) is 30.7 Å². The summed E-state index contributed by atoms with van der Waals surface area (Å²) in [4.78, 5) is 8.33. The number of aromatic nitrogens is 2. The minimum Gasteiger partial charge on any atom is -0.264 e. The van der Waals surface area contributed by atoms with Crippen LogP contribution in [-0.4, -0.2) is 18.4 Å². The number of sulfonamides is 1. The van der Waals surface area contributed by atoms with E-state index < -0.39 is 15.8 Å². The van der Waals surface area contributed by atoms with Gasteiger partial charge in [0.25, 0.3) is 0 Å². The molecule has 0 aliphatic carbocycles. The van der Waals surface area contributed by atoms with E-state index in [2.05, 4.69) is 14.7 Å². The van der Waals surface area contributed by atoms with Crippen LogP contribution in [0.5, 0.6) is 0 Å². The predicted molar refractivity (Wildman–Crippen MR) is 93.3 cm³/mol. The largest absolute Gasteiger partial charge is 0.264 e. The minimum atomic E-state index is -3.53. The van der Waals surface area contributed by atoms with Crippen LogP contribution in [0.1, 0.15) is 11.1 Å². The molecule has 25 heavy (non-hydrogen) atoms. The van der Waals surface area contributed by atoms with Gasteiger partial charge in [0.2, 0.25) is 10.0 Å². The van der Waals surface area contributed by atoms with Crippen LogP contribution in [0, 0.1) is 5.82 Å². The highest BCUT2D eigenvalue weighted by Crippen LogP contribution is 2.16. The van der Waals surface area contributed by atoms with Crippen LogP contribution in [0.25, 0.3) is 11.3 Å². The van der Waals surface area contributed by atoms with Crippen molar-refractivity contribution in [2.45, 2.75) is 12.3 Å². The molecule has 0 aliphatic heterocycles. The lowest BCUT2D eigenvalue weighted by atomic mass is 10.1. The van der Waals surface area contributed by atoms with E-state index in [1.165, 1.54) is 24.3 Å². The summed E-state index contributed by atoms with van der Waals surface area (Å²) in [5, 5.41) is 0. The number of hydrogen-bond donors (Lipinski definition) is 1. The van der Waals surface area contributed by atoms with Gasteiger partial charge in [-0.3, -0.25) is 9.97 Å². The van der Waals surface area contributed by atoms with E-state index in [9.17, 15) is 12.8 Å². The van der Waals surface area contributed by atoms with E-state index in [1.807, 2.05) is 18.2 Å². The van der Waals surface area contributed by atoms with E-state index in [0.717, 1.165) is 16.8 Å². The third-order valence-electron chi connectivity index (χ3n) is 3.55. The SMILES string of the molecule is O=S(=O)(Cc1ccc(F)cc1)NCc1ccnc(-c2cccnc2)c1. The Hall–Kier alpha value is -2.64. The molecule has 0 saturated carbocycles. The Morgan fingerprint density at radius 3 is 2.52 bits per heavy atom. The Labute approximate surface area is 145 Å². The van der Waals surface area contributed by atoms with Crippen LogP contribution in [0.4, 0.5) is 4.39 Å². The number of nitrogens with one attached hydrogen (secondary N) is 1. The molecule has 1 N–H and O–H groups in total. The van der Waals surface area contributed by atoms with Gasteiger partial charge in [-0.05, 0) is 47.5 Å². The first-order valence-electron chi connectivity index (χ1n) is 7.59. The average Bonchev–Trinajstić information content (AvgIpc) is 2.63. The van der Waals surface area contributed by atoms with Gasteiger partial charge in [-0.2, -0.15) is 0 Å². The quantitative estimate of drug-likeness (QED) is 0.736. The highest BCUT2D eigenvalue weighted by Gasteiger charge is 2.12.